The fourth-order valence-electron chi connectivity index (χ4n) is 1.60. The first-order valence-electron chi connectivity index (χ1n) is 5.23. The number of aromatic nitrogens is 2. The number of nitrogen functional groups attached to an aromatic ring is 1. The van der Waals surface area contributed by atoms with Gasteiger partial charge < -0.3 is 10.5 Å². The second-order valence-electron chi connectivity index (χ2n) is 3.87. The Labute approximate surface area is 105 Å². The molecule has 0 unspecified atom stereocenters. The SMILES string of the molecule is Cc1cc(COc2ccc(Cl)cc2N)n(C)n1. The molecule has 2 aromatic rings. The Bertz CT molecular complexity index is 537. The summed E-state index contributed by atoms with van der Waals surface area (Å²) in [5.74, 6) is 0.633. The van der Waals surface area contributed by atoms with Crippen LogP contribution in [0.4, 0.5) is 5.69 Å². The normalized spacial score (nSPS) is 10.5. The molecule has 0 saturated heterocycles. The van der Waals surface area contributed by atoms with Gasteiger partial charge in [-0.25, -0.2) is 0 Å². The molecule has 0 aliphatic rings. The predicted octanol–water partition coefficient (Wildman–Crippen LogP) is 2.54. The maximum atomic E-state index is 5.81. The molecule has 1 aromatic heterocycles. The molecule has 1 heterocycles. The van der Waals surface area contributed by atoms with E-state index in [1.165, 1.54) is 0 Å². The van der Waals surface area contributed by atoms with Gasteiger partial charge in [-0.15, -0.1) is 0 Å². The highest BCUT2D eigenvalue weighted by Crippen LogP contribution is 2.25. The Hall–Kier alpha value is -1.68. The number of hydrogen-bond acceptors (Lipinski definition) is 3. The fourth-order valence-corrected chi connectivity index (χ4v) is 1.78. The molecule has 0 spiro atoms. The topological polar surface area (TPSA) is 53.1 Å². The predicted molar refractivity (Wildman–Crippen MR) is 68.1 cm³/mol. The van der Waals surface area contributed by atoms with E-state index in [2.05, 4.69) is 5.10 Å². The van der Waals surface area contributed by atoms with Crippen LogP contribution in [0, 0.1) is 6.92 Å². The van der Waals surface area contributed by atoms with Crippen LogP contribution in [-0.4, -0.2) is 9.78 Å². The van der Waals surface area contributed by atoms with Crippen molar-refractivity contribution in [3.63, 3.8) is 0 Å². The Morgan fingerprint density at radius 3 is 2.76 bits per heavy atom. The zero-order valence-electron chi connectivity index (χ0n) is 9.77. The van der Waals surface area contributed by atoms with Crippen LogP contribution >= 0.6 is 11.6 Å². The molecule has 2 rings (SSSR count). The van der Waals surface area contributed by atoms with E-state index in [4.69, 9.17) is 22.1 Å². The van der Waals surface area contributed by atoms with Crippen LogP contribution in [-0.2, 0) is 13.7 Å². The molecule has 0 amide bonds. The minimum absolute atomic E-state index is 0.434. The van der Waals surface area contributed by atoms with Gasteiger partial charge in [0.05, 0.1) is 17.1 Å². The molecule has 17 heavy (non-hydrogen) atoms. The van der Waals surface area contributed by atoms with E-state index in [-0.39, 0.29) is 0 Å². The summed E-state index contributed by atoms with van der Waals surface area (Å²) in [4.78, 5) is 0. The number of ether oxygens (including phenoxy) is 1. The summed E-state index contributed by atoms with van der Waals surface area (Å²) in [5.41, 5.74) is 8.30. The van der Waals surface area contributed by atoms with Gasteiger partial charge in [0.25, 0.3) is 0 Å². The number of aryl methyl sites for hydroxylation is 2. The van der Waals surface area contributed by atoms with Crippen LogP contribution < -0.4 is 10.5 Å². The van der Waals surface area contributed by atoms with Crippen molar-refractivity contribution in [2.24, 2.45) is 7.05 Å². The number of benzene rings is 1. The molecule has 90 valence electrons. The van der Waals surface area contributed by atoms with E-state index < -0.39 is 0 Å². The van der Waals surface area contributed by atoms with Gasteiger partial charge in [0.15, 0.2) is 0 Å². The number of hydrogen-bond donors (Lipinski definition) is 1. The second-order valence-corrected chi connectivity index (χ2v) is 4.31. The molecule has 1 aromatic carbocycles. The first-order chi connectivity index (χ1) is 8.06. The Morgan fingerprint density at radius 2 is 2.18 bits per heavy atom. The van der Waals surface area contributed by atoms with Gasteiger partial charge in [-0.2, -0.15) is 5.10 Å². The van der Waals surface area contributed by atoms with E-state index in [1.807, 2.05) is 20.0 Å². The fraction of sp³-hybridized carbons (Fsp3) is 0.250. The number of nitrogens with zero attached hydrogens (tertiary/aromatic N) is 2. The summed E-state index contributed by atoms with van der Waals surface area (Å²) in [6, 6.07) is 7.17. The lowest BCUT2D eigenvalue weighted by molar-refractivity contribution is 0.296. The third-order valence-corrected chi connectivity index (χ3v) is 2.68. The summed E-state index contributed by atoms with van der Waals surface area (Å²) in [6.45, 7) is 2.38. The molecule has 2 N–H and O–H groups in total. The van der Waals surface area contributed by atoms with Crippen molar-refractivity contribution < 1.29 is 4.74 Å². The minimum atomic E-state index is 0.434. The highest BCUT2D eigenvalue weighted by Gasteiger charge is 2.05. The van der Waals surface area contributed by atoms with Crippen molar-refractivity contribution in [2.75, 3.05) is 5.73 Å². The third kappa shape index (κ3) is 2.71. The first-order valence-corrected chi connectivity index (χ1v) is 5.61. The maximum absolute atomic E-state index is 5.81. The summed E-state index contributed by atoms with van der Waals surface area (Å²) in [7, 11) is 1.89. The van der Waals surface area contributed by atoms with Crippen molar-refractivity contribution in [2.45, 2.75) is 13.5 Å². The summed E-state index contributed by atoms with van der Waals surface area (Å²) in [6.07, 6.45) is 0. The standard InChI is InChI=1S/C12H14ClN3O/c1-8-5-10(16(2)15-8)7-17-12-4-3-9(13)6-11(12)14/h3-6H,7,14H2,1-2H3. The second kappa shape index (κ2) is 4.67. The zero-order chi connectivity index (χ0) is 12.4. The molecular formula is C12H14ClN3O. The van der Waals surface area contributed by atoms with Crippen molar-refractivity contribution in [1.29, 1.82) is 0 Å². The Morgan fingerprint density at radius 1 is 1.41 bits per heavy atom. The maximum Gasteiger partial charge on any atom is 0.142 e. The lowest BCUT2D eigenvalue weighted by Gasteiger charge is -2.08. The van der Waals surface area contributed by atoms with E-state index in [0.29, 0.717) is 23.1 Å². The number of halogens is 1. The van der Waals surface area contributed by atoms with Gasteiger partial charge in [-0.05, 0) is 31.2 Å². The molecule has 0 bridgehead atoms. The smallest absolute Gasteiger partial charge is 0.142 e. The Kier molecular flexibility index (Phi) is 3.24. The zero-order valence-corrected chi connectivity index (χ0v) is 10.5. The van der Waals surface area contributed by atoms with Gasteiger partial charge in [0.1, 0.15) is 12.4 Å². The molecule has 5 heteroatoms. The van der Waals surface area contributed by atoms with Crippen molar-refractivity contribution >= 4 is 17.3 Å². The molecule has 0 aliphatic carbocycles. The Balaban J connectivity index is 2.10. The number of rotatable bonds is 3. The highest BCUT2D eigenvalue weighted by atomic mass is 35.5. The van der Waals surface area contributed by atoms with Gasteiger partial charge in [-0.1, -0.05) is 11.6 Å². The van der Waals surface area contributed by atoms with Crippen LogP contribution in [0.25, 0.3) is 0 Å². The summed E-state index contributed by atoms with van der Waals surface area (Å²) in [5, 5.41) is 4.85. The van der Waals surface area contributed by atoms with E-state index in [0.717, 1.165) is 11.4 Å². The van der Waals surface area contributed by atoms with Gasteiger partial charge >= 0.3 is 0 Å². The number of anilines is 1. The van der Waals surface area contributed by atoms with E-state index in [9.17, 15) is 0 Å². The molecule has 0 fully saturated rings. The van der Waals surface area contributed by atoms with Crippen LogP contribution in [0.2, 0.25) is 5.02 Å². The van der Waals surface area contributed by atoms with Gasteiger partial charge in [-0.3, -0.25) is 4.68 Å². The lowest BCUT2D eigenvalue weighted by Crippen LogP contribution is -2.04. The van der Waals surface area contributed by atoms with Crippen molar-refractivity contribution in [3.05, 3.63) is 40.7 Å². The average molecular weight is 252 g/mol. The lowest BCUT2D eigenvalue weighted by atomic mass is 10.3. The van der Waals surface area contributed by atoms with Crippen LogP contribution in [0.3, 0.4) is 0 Å². The van der Waals surface area contributed by atoms with Crippen molar-refractivity contribution in [3.8, 4) is 5.75 Å². The molecule has 0 radical (unpaired) electrons. The minimum Gasteiger partial charge on any atom is -0.485 e. The molecule has 4 nitrogen and oxygen atoms in total. The van der Waals surface area contributed by atoms with Gasteiger partial charge in [0, 0.05) is 12.1 Å². The van der Waals surface area contributed by atoms with Crippen LogP contribution in [0.15, 0.2) is 24.3 Å². The third-order valence-electron chi connectivity index (χ3n) is 2.45. The monoisotopic (exact) mass is 251 g/mol. The van der Waals surface area contributed by atoms with Crippen LogP contribution in [0.5, 0.6) is 5.75 Å². The van der Waals surface area contributed by atoms with Gasteiger partial charge in [0.2, 0.25) is 0 Å². The van der Waals surface area contributed by atoms with E-state index in [1.54, 1.807) is 22.9 Å². The van der Waals surface area contributed by atoms with Crippen molar-refractivity contribution in [1.82, 2.24) is 9.78 Å². The van der Waals surface area contributed by atoms with E-state index >= 15 is 0 Å². The molecule has 0 atom stereocenters. The molecular weight excluding hydrogens is 238 g/mol. The average Bonchev–Trinajstić information content (AvgIpc) is 2.56. The summed E-state index contributed by atoms with van der Waals surface area (Å²) < 4.78 is 7.42. The largest absolute Gasteiger partial charge is 0.485 e. The van der Waals surface area contributed by atoms with Crippen LogP contribution in [0.1, 0.15) is 11.4 Å². The number of nitrogens with two attached hydrogens (primary N) is 1. The molecule has 0 saturated carbocycles. The highest BCUT2D eigenvalue weighted by molar-refractivity contribution is 6.30. The quantitative estimate of drug-likeness (QED) is 0.853. The summed E-state index contributed by atoms with van der Waals surface area (Å²) >= 11 is 5.81. The molecule has 0 aliphatic heterocycles. The first kappa shape index (κ1) is 11.8.